The molecule has 2 fully saturated rings. The van der Waals surface area contributed by atoms with Crippen LogP contribution < -0.4 is 0 Å². The van der Waals surface area contributed by atoms with Crippen molar-refractivity contribution in [2.24, 2.45) is 0 Å². The Morgan fingerprint density at radius 3 is 2.65 bits per heavy atom. The van der Waals surface area contributed by atoms with Crippen LogP contribution in [-0.4, -0.2) is 21.2 Å². The summed E-state index contributed by atoms with van der Waals surface area (Å²) in [4.78, 5) is 16.4. The first kappa shape index (κ1) is 17.9. The number of carbonyl (C=O) groups excluding carboxylic acids is 1. The third-order valence-corrected chi connectivity index (χ3v) is 6.86. The molecule has 0 bridgehead atoms. The Hall–Kier alpha value is -1.50. The van der Waals surface area contributed by atoms with Crippen molar-refractivity contribution < 1.29 is 9.21 Å². The molecule has 2 heterocycles. The molecule has 0 atom stereocenters. The summed E-state index contributed by atoms with van der Waals surface area (Å²) in [5.74, 6) is 0.716. The fourth-order valence-corrected chi connectivity index (χ4v) is 5.51. The molecule has 2 aromatic rings. The van der Waals surface area contributed by atoms with E-state index in [0.717, 1.165) is 22.8 Å². The Balaban J connectivity index is 1.48. The molecule has 26 heavy (non-hydrogen) atoms. The van der Waals surface area contributed by atoms with E-state index in [1.54, 1.807) is 11.8 Å². The number of benzene rings is 1. The maximum Gasteiger partial charge on any atom is 0.266 e. The van der Waals surface area contributed by atoms with Gasteiger partial charge in [0, 0.05) is 17.0 Å². The zero-order chi connectivity index (χ0) is 17.9. The molecule has 4 rings (SSSR count). The number of nitrogens with zero attached hydrogens (tertiary/aromatic N) is 1. The van der Waals surface area contributed by atoms with Crippen molar-refractivity contribution >= 4 is 52.0 Å². The maximum absolute atomic E-state index is 12.8. The number of hydrogen-bond donors (Lipinski definition) is 0. The van der Waals surface area contributed by atoms with Crippen molar-refractivity contribution in [1.29, 1.82) is 0 Å². The minimum atomic E-state index is 0.0283. The highest BCUT2D eigenvalue weighted by atomic mass is 32.2. The third-order valence-electron chi connectivity index (χ3n) is 4.60. The number of rotatable bonds is 4. The van der Waals surface area contributed by atoms with Gasteiger partial charge in [-0.15, -0.1) is 0 Å². The monoisotopic (exact) mass is 401 g/mol. The molecule has 2 aliphatic rings. The average molecular weight is 402 g/mol. The number of thiocarbonyl (C=S) groups is 1. The van der Waals surface area contributed by atoms with Crippen LogP contribution in [-0.2, 0) is 4.79 Å². The molecular formula is C20H19NO2S3. The van der Waals surface area contributed by atoms with E-state index < -0.39 is 0 Å². The van der Waals surface area contributed by atoms with Gasteiger partial charge in [-0.2, -0.15) is 0 Å². The van der Waals surface area contributed by atoms with E-state index in [1.165, 1.54) is 31.0 Å². The lowest BCUT2D eigenvalue weighted by atomic mass is 9.94. The second-order valence-electron chi connectivity index (χ2n) is 6.42. The lowest BCUT2D eigenvalue weighted by Gasteiger charge is -2.29. The van der Waals surface area contributed by atoms with Crippen molar-refractivity contribution in [2.45, 2.75) is 48.1 Å². The van der Waals surface area contributed by atoms with Gasteiger partial charge < -0.3 is 4.42 Å². The minimum absolute atomic E-state index is 0.0283. The molecule has 0 unspecified atom stereocenters. The standard InChI is InChI=1S/C20H19NO2S3/c22-19-17(26-20(24)21(19)14-7-3-1-4-8-14)13-15-11-12-18(23-15)25-16-9-5-2-6-10-16/h2,5-6,9-14H,1,3-4,7-8H2/b17-13+. The summed E-state index contributed by atoms with van der Waals surface area (Å²) < 4.78 is 6.55. The van der Waals surface area contributed by atoms with Crippen molar-refractivity contribution in [3.63, 3.8) is 0 Å². The Morgan fingerprint density at radius 2 is 1.88 bits per heavy atom. The van der Waals surface area contributed by atoms with Crippen LogP contribution in [0, 0.1) is 0 Å². The average Bonchev–Trinajstić information content (AvgIpc) is 3.21. The molecule has 1 aromatic carbocycles. The van der Waals surface area contributed by atoms with E-state index >= 15 is 0 Å². The first-order chi connectivity index (χ1) is 12.7. The van der Waals surface area contributed by atoms with Crippen LogP contribution in [0.25, 0.3) is 6.08 Å². The molecule has 134 valence electrons. The number of thioether (sulfide) groups is 1. The van der Waals surface area contributed by atoms with Crippen molar-refractivity contribution in [2.75, 3.05) is 0 Å². The minimum Gasteiger partial charge on any atom is -0.450 e. The third kappa shape index (κ3) is 3.92. The first-order valence-electron chi connectivity index (χ1n) is 8.80. The first-order valence-corrected chi connectivity index (χ1v) is 10.8. The molecule has 1 aromatic heterocycles. The zero-order valence-corrected chi connectivity index (χ0v) is 16.7. The molecule has 1 saturated heterocycles. The van der Waals surface area contributed by atoms with E-state index in [1.807, 2.05) is 53.4 Å². The maximum atomic E-state index is 12.8. The van der Waals surface area contributed by atoms with E-state index in [-0.39, 0.29) is 11.9 Å². The van der Waals surface area contributed by atoms with Gasteiger partial charge in [0.15, 0.2) is 5.09 Å². The van der Waals surface area contributed by atoms with Crippen LogP contribution in [0.5, 0.6) is 0 Å². The van der Waals surface area contributed by atoms with Gasteiger partial charge in [-0.3, -0.25) is 9.69 Å². The van der Waals surface area contributed by atoms with Gasteiger partial charge in [0.1, 0.15) is 10.1 Å². The topological polar surface area (TPSA) is 33.5 Å². The smallest absolute Gasteiger partial charge is 0.266 e. The second kappa shape index (κ2) is 8.03. The highest BCUT2D eigenvalue weighted by molar-refractivity contribution is 8.26. The Labute approximate surface area is 167 Å². The van der Waals surface area contributed by atoms with Crippen LogP contribution in [0.4, 0.5) is 0 Å². The summed E-state index contributed by atoms with van der Waals surface area (Å²) in [6, 6.07) is 14.2. The predicted molar refractivity (Wildman–Crippen MR) is 111 cm³/mol. The van der Waals surface area contributed by atoms with E-state index in [0.29, 0.717) is 15.0 Å². The van der Waals surface area contributed by atoms with Crippen molar-refractivity contribution in [3.8, 4) is 0 Å². The van der Waals surface area contributed by atoms with Gasteiger partial charge in [0.05, 0.1) is 4.91 Å². The van der Waals surface area contributed by atoms with Gasteiger partial charge in [-0.25, -0.2) is 0 Å². The predicted octanol–water partition coefficient (Wildman–Crippen LogP) is 5.96. The second-order valence-corrected chi connectivity index (χ2v) is 9.17. The van der Waals surface area contributed by atoms with Gasteiger partial charge >= 0.3 is 0 Å². The number of furan rings is 1. The molecule has 1 saturated carbocycles. The molecule has 1 aliphatic heterocycles. The molecule has 1 amide bonds. The van der Waals surface area contributed by atoms with E-state index in [9.17, 15) is 4.79 Å². The summed E-state index contributed by atoms with van der Waals surface area (Å²) in [7, 11) is 0. The molecule has 3 nitrogen and oxygen atoms in total. The molecule has 0 N–H and O–H groups in total. The van der Waals surface area contributed by atoms with Gasteiger partial charge in [0.25, 0.3) is 5.91 Å². The highest BCUT2D eigenvalue weighted by Gasteiger charge is 2.37. The van der Waals surface area contributed by atoms with Gasteiger partial charge in [-0.1, -0.05) is 73.2 Å². The summed E-state index contributed by atoms with van der Waals surface area (Å²) in [5.41, 5.74) is 0. The Morgan fingerprint density at radius 1 is 1.12 bits per heavy atom. The van der Waals surface area contributed by atoms with Crippen LogP contribution >= 0.6 is 35.7 Å². The Bertz CT molecular complexity index is 838. The van der Waals surface area contributed by atoms with E-state index in [2.05, 4.69) is 0 Å². The van der Waals surface area contributed by atoms with Gasteiger partial charge in [0.2, 0.25) is 0 Å². The fraction of sp³-hybridized carbons (Fsp3) is 0.300. The molecular weight excluding hydrogens is 382 g/mol. The molecule has 6 heteroatoms. The summed E-state index contributed by atoms with van der Waals surface area (Å²) >= 11 is 8.43. The quantitative estimate of drug-likeness (QED) is 0.466. The number of carbonyl (C=O) groups is 1. The largest absolute Gasteiger partial charge is 0.450 e. The number of hydrogen-bond acceptors (Lipinski definition) is 5. The fourth-order valence-electron chi connectivity index (χ4n) is 3.33. The van der Waals surface area contributed by atoms with Crippen LogP contribution in [0.15, 0.2) is 61.8 Å². The number of amides is 1. The molecule has 0 radical (unpaired) electrons. The lowest BCUT2D eigenvalue weighted by Crippen LogP contribution is -2.39. The summed E-state index contributed by atoms with van der Waals surface area (Å²) in [6.07, 6.45) is 7.54. The lowest BCUT2D eigenvalue weighted by molar-refractivity contribution is -0.124. The molecule has 1 aliphatic carbocycles. The highest BCUT2D eigenvalue weighted by Crippen LogP contribution is 2.38. The van der Waals surface area contributed by atoms with E-state index in [4.69, 9.17) is 16.6 Å². The SMILES string of the molecule is O=C1/C(=C\c2ccc(Sc3ccccc3)o2)SC(=S)N1C1CCCCC1. The van der Waals surface area contributed by atoms with Crippen molar-refractivity contribution in [3.05, 3.63) is 53.1 Å². The van der Waals surface area contributed by atoms with Gasteiger partial charge in [-0.05, 0) is 37.1 Å². The summed E-state index contributed by atoms with van der Waals surface area (Å²) in [5, 5.41) is 0.810. The Kier molecular flexibility index (Phi) is 5.52. The van der Waals surface area contributed by atoms with Crippen LogP contribution in [0.2, 0.25) is 0 Å². The molecule has 0 spiro atoms. The zero-order valence-electron chi connectivity index (χ0n) is 14.2. The van der Waals surface area contributed by atoms with Crippen LogP contribution in [0.3, 0.4) is 0 Å². The van der Waals surface area contributed by atoms with Crippen molar-refractivity contribution in [1.82, 2.24) is 4.90 Å². The summed E-state index contributed by atoms with van der Waals surface area (Å²) in [6.45, 7) is 0. The normalized spacial score (nSPS) is 20.3. The van der Waals surface area contributed by atoms with Crippen LogP contribution in [0.1, 0.15) is 37.9 Å².